The summed E-state index contributed by atoms with van der Waals surface area (Å²) in [5, 5.41) is 0. The van der Waals surface area contributed by atoms with E-state index in [-0.39, 0.29) is 0 Å². The van der Waals surface area contributed by atoms with Crippen molar-refractivity contribution in [1.82, 2.24) is 4.67 Å². The first-order valence-corrected chi connectivity index (χ1v) is 2.51. The van der Waals surface area contributed by atoms with Crippen molar-refractivity contribution in [2.45, 2.75) is 0 Å². The van der Waals surface area contributed by atoms with Crippen LogP contribution >= 0.6 is 8.69 Å². The first kappa shape index (κ1) is 6.25. The lowest BCUT2D eigenvalue weighted by atomic mass is 11.3. The molecule has 0 aromatic carbocycles. The molecule has 0 aromatic rings. The van der Waals surface area contributed by atoms with E-state index in [1.807, 2.05) is 0 Å². The first-order chi connectivity index (χ1) is 2.64. The summed E-state index contributed by atoms with van der Waals surface area (Å²) in [4.78, 5) is 0. The lowest BCUT2D eigenvalue weighted by molar-refractivity contribution is 0.560. The molecule has 0 aromatic heterocycles. The third kappa shape index (κ3) is 2.49. The standard InChI is InChI=1S/C2H6F2NP/c1-5(2)6(3)4/h1-2H3. The van der Waals surface area contributed by atoms with E-state index in [1.54, 1.807) is 0 Å². The van der Waals surface area contributed by atoms with Crippen molar-refractivity contribution in [3.05, 3.63) is 0 Å². The molecule has 0 spiro atoms. The van der Waals surface area contributed by atoms with Gasteiger partial charge in [-0.2, -0.15) is 8.39 Å². The molecule has 1 nitrogen and oxygen atoms in total. The van der Waals surface area contributed by atoms with Gasteiger partial charge in [-0.05, 0) is 14.1 Å². The summed E-state index contributed by atoms with van der Waals surface area (Å²) >= 11 is 0. The Labute approximate surface area is 37.0 Å². The Bertz CT molecular complexity index is 32.5. The van der Waals surface area contributed by atoms with Crippen LogP contribution in [0.25, 0.3) is 0 Å². The van der Waals surface area contributed by atoms with Crippen molar-refractivity contribution in [1.29, 1.82) is 0 Å². The van der Waals surface area contributed by atoms with E-state index < -0.39 is 8.69 Å². The van der Waals surface area contributed by atoms with Gasteiger partial charge in [0, 0.05) is 0 Å². The molecule has 38 valence electrons. The summed E-state index contributed by atoms with van der Waals surface area (Å²) in [6.45, 7) is 0. The maximum absolute atomic E-state index is 11.1. The van der Waals surface area contributed by atoms with E-state index in [2.05, 4.69) is 0 Å². The second-order valence-electron chi connectivity index (χ2n) is 1.06. The molecule has 0 aliphatic rings. The van der Waals surface area contributed by atoms with Gasteiger partial charge in [-0.3, -0.25) is 0 Å². The van der Waals surface area contributed by atoms with Crippen LogP contribution in [0.2, 0.25) is 0 Å². The average molecular weight is 113 g/mol. The molecule has 0 fully saturated rings. The highest BCUT2D eigenvalue weighted by Gasteiger charge is 2.03. The Morgan fingerprint density at radius 3 is 1.50 bits per heavy atom. The smallest absolute Gasteiger partial charge is 0.235 e. The molecule has 0 bridgehead atoms. The zero-order valence-corrected chi connectivity index (χ0v) is 4.54. The second kappa shape index (κ2) is 2.43. The van der Waals surface area contributed by atoms with Crippen molar-refractivity contribution in [3.8, 4) is 0 Å². The molecule has 0 heterocycles. The minimum absolute atomic E-state index is 0.898. The number of hydrogen-bond acceptors (Lipinski definition) is 1. The van der Waals surface area contributed by atoms with Gasteiger partial charge in [-0.1, -0.05) is 0 Å². The fourth-order valence-corrected chi connectivity index (χ4v) is 0. The maximum Gasteiger partial charge on any atom is 0.345 e. The Morgan fingerprint density at radius 2 is 1.50 bits per heavy atom. The third-order valence-corrected chi connectivity index (χ3v) is 0.907. The average Bonchev–Trinajstić information content (AvgIpc) is 1.36. The van der Waals surface area contributed by atoms with E-state index >= 15 is 0 Å². The highest BCUT2D eigenvalue weighted by atomic mass is 31.2. The van der Waals surface area contributed by atoms with Crippen LogP contribution in [-0.2, 0) is 0 Å². The van der Waals surface area contributed by atoms with Gasteiger partial charge in [-0.15, -0.1) is 0 Å². The highest BCUT2D eigenvalue weighted by molar-refractivity contribution is 7.43. The van der Waals surface area contributed by atoms with Gasteiger partial charge in [-0.25, -0.2) is 4.67 Å². The second-order valence-corrected chi connectivity index (χ2v) is 2.29. The normalized spacial score (nSPS) is 11.0. The van der Waals surface area contributed by atoms with Crippen LogP contribution in [0.3, 0.4) is 0 Å². The summed E-state index contributed by atoms with van der Waals surface area (Å²) < 4.78 is 23.2. The SMILES string of the molecule is CN(C)P(F)F. The maximum atomic E-state index is 11.1. The van der Waals surface area contributed by atoms with Crippen LogP contribution < -0.4 is 0 Å². The van der Waals surface area contributed by atoms with Crippen molar-refractivity contribution in [2.75, 3.05) is 14.1 Å². The predicted octanol–water partition coefficient (Wildman–Crippen LogP) is 1.71. The molecular formula is C2H6F2NP. The van der Waals surface area contributed by atoms with Gasteiger partial charge in [0.25, 0.3) is 0 Å². The Morgan fingerprint density at radius 1 is 1.33 bits per heavy atom. The largest absolute Gasteiger partial charge is 0.345 e. The molecule has 0 aliphatic carbocycles. The molecule has 0 amide bonds. The zero-order valence-electron chi connectivity index (χ0n) is 3.65. The lowest BCUT2D eigenvalue weighted by Gasteiger charge is -2.01. The molecule has 0 rings (SSSR count). The summed E-state index contributed by atoms with van der Waals surface area (Å²) in [7, 11) is -0.120. The van der Waals surface area contributed by atoms with Crippen molar-refractivity contribution in [2.24, 2.45) is 0 Å². The van der Waals surface area contributed by atoms with Crippen LogP contribution in [0.15, 0.2) is 0 Å². The molecule has 0 radical (unpaired) electrons. The number of nitrogens with zero attached hydrogens (tertiary/aromatic N) is 1. The molecule has 0 unspecified atom stereocenters. The van der Waals surface area contributed by atoms with E-state index in [1.165, 1.54) is 14.1 Å². The van der Waals surface area contributed by atoms with Gasteiger partial charge in [0.15, 0.2) is 0 Å². The summed E-state index contributed by atoms with van der Waals surface area (Å²) in [5.41, 5.74) is 0. The first-order valence-electron chi connectivity index (χ1n) is 1.43. The predicted molar refractivity (Wildman–Crippen MR) is 22.8 cm³/mol. The van der Waals surface area contributed by atoms with Crippen LogP contribution in [0.5, 0.6) is 0 Å². The molecule has 0 saturated heterocycles. The van der Waals surface area contributed by atoms with Crippen LogP contribution in [0.1, 0.15) is 0 Å². The highest BCUT2D eigenvalue weighted by Crippen LogP contribution is 2.39. The Kier molecular flexibility index (Phi) is 2.53. The Balaban J connectivity index is 2.99. The fraction of sp³-hybridized carbons (Fsp3) is 1.00. The summed E-state index contributed by atoms with van der Waals surface area (Å²) in [6, 6.07) is 0. The monoisotopic (exact) mass is 113 g/mol. The van der Waals surface area contributed by atoms with Gasteiger partial charge in [0.05, 0.1) is 0 Å². The molecule has 6 heavy (non-hydrogen) atoms. The number of halogens is 2. The minimum Gasteiger partial charge on any atom is -0.235 e. The van der Waals surface area contributed by atoms with Crippen LogP contribution in [-0.4, -0.2) is 18.8 Å². The van der Waals surface area contributed by atoms with Crippen molar-refractivity contribution < 1.29 is 8.39 Å². The van der Waals surface area contributed by atoms with Crippen LogP contribution in [0.4, 0.5) is 8.39 Å². The third-order valence-electron chi connectivity index (χ3n) is 0.302. The quantitative estimate of drug-likeness (QED) is 0.468. The van der Waals surface area contributed by atoms with E-state index in [4.69, 9.17) is 0 Å². The van der Waals surface area contributed by atoms with E-state index in [9.17, 15) is 8.39 Å². The van der Waals surface area contributed by atoms with Gasteiger partial charge >= 0.3 is 8.69 Å². The van der Waals surface area contributed by atoms with E-state index in [0.29, 0.717) is 0 Å². The number of hydrogen-bond donors (Lipinski definition) is 0. The van der Waals surface area contributed by atoms with Crippen molar-refractivity contribution in [3.63, 3.8) is 0 Å². The van der Waals surface area contributed by atoms with Gasteiger partial charge in [0.1, 0.15) is 0 Å². The van der Waals surface area contributed by atoms with Gasteiger partial charge in [0.2, 0.25) is 0 Å². The molecule has 0 atom stereocenters. The molecule has 0 N–H and O–H groups in total. The van der Waals surface area contributed by atoms with E-state index in [0.717, 1.165) is 4.67 Å². The molecular weight excluding hydrogens is 107 g/mol. The Hall–Kier alpha value is 0.250. The minimum atomic E-state index is -2.83. The lowest BCUT2D eigenvalue weighted by Crippen LogP contribution is -1.96. The summed E-state index contributed by atoms with van der Waals surface area (Å²) in [6.07, 6.45) is 0. The fourth-order valence-electron chi connectivity index (χ4n) is 0. The number of rotatable bonds is 1. The zero-order chi connectivity index (χ0) is 5.15. The molecule has 0 saturated carbocycles. The summed E-state index contributed by atoms with van der Waals surface area (Å²) in [5.74, 6) is 0. The van der Waals surface area contributed by atoms with Crippen molar-refractivity contribution >= 4 is 8.69 Å². The molecule has 4 heteroatoms. The van der Waals surface area contributed by atoms with Gasteiger partial charge < -0.3 is 0 Å². The van der Waals surface area contributed by atoms with Crippen LogP contribution in [0, 0.1) is 0 Å². The topological polar surface area (TPSA) is 3.24 Å². The molecule has 0 aliphatic heterocycles.